The molecule has 0 saturated carbocycles. The van der Waals surface area contributed by atoms with Crippen molar-refractivity contribution >= 4 is 31.7 Å². The van der Waals surface area contributed by atoms with Gasteiger partial charge in [-0.2, -0.15) is 0 Å². The third-order valence-electron chi connectivity index (χ3n) is 3.44. The first-order chi connectivity index (χ1) is 9.68. The molecule has 0 aromatic heterocycles. The van der Waals surface area contributed by atoms with Gasteiger partial charge in [-0.1, -0.05) is 0 Å². The maximum Gasteiger partial charge on any atom is 0.255 e. The SMILES string of the molecule is CC1CN(C(=O)c2cc(S(C)(=O)=O)ccc2Br)CC(C)N1. The Morgan fingerprint density at radius 2 is 1.86 bits per heavy atom. The number of carbonyl (C=O) groups is 1. The van der Waals surface area contributed by atoms with E-state index in [-0.39, 0.29) is 22.9 Å². The van der Waals surface area contributed by atoms with Crippen molar-refractivity contribution in [3.63, 3.8) is 0 Å². The Balaban J connectivity index is 2.34. The topological polar surface area (TPSA) is 66.5 Å². The Morgan fingerprint density at radius 3 is 2.38 bits per heavy atom. The van der Waals surface area contributed by atoms with Gasteiger partial charge < -0.3 is 10.2 Å². The van der Waals surface area contributed by atoms with Crippen LogP contribution in [0.25, 0.3) is 0 Å². The number of nitrogens with one attached hydrogen (secondary N) is 1. The third-order valence-corrected chi connectivity index (χ3v) is 5.24. The normalized spacial score (nSPS) is 23.1. The minimum atomic E-state index is -3.33. The number of rotatable bonds is 2. The summed E-state index contributed by atoms with van der Waals surface area (Å²) in [6.07, 6.45) is 1.14. The Kier molecular flexibility index (Phi) is 4.75. The van der Waals surface area contributed by atoms with Crippen LogP contribution in [-0.4, -0.2) is 50.7 Å². The molecule has 2 atom stereocenters. The van der Waals surface area contributed by atoms with E-state index in [1.165, 1.54) is 12.1 Å². The molecule has 7 heteroatoms. The van der Waals surface area contributed by atoms with Crippen LogP contribution in [0, 0.1) is 0 Å². The van der Waals surface area contributed by atoms with Crippen molar-refractivity contribution in [1.82, 2.24) is 10.2 Å². The molecule has 1 fully saturated rings. The van der Waals surface area contributed by atoms with E-state index in [1.54, 1.807) is 11.0 Å². The van der Waals surface area contributed by atoms with E-state index in [0.717, 1.165) is 6.26 Å². The lowest BCUT2D eigenvalue weighted by Gasteiger charge is -2.36. The summed E-state index contributed by atoms with van der Waals surface area (Å²) < 4.78 is 23.9. The van der Waals surface area contributed by atoms with Crippen LogP contribution >= 0.6 is 15.9 Å². The number of hydrogen-bond acceptors (Lipinski definition) is 4. The van der Waals surface area contributed by atoms with Crippen molar-refractivity contribution in [2.75, 3.05) is 19.3 Å². The number of nitrogens with zero attached hydrogens (tertiary/aromatic N) is 1. The van der Waals surface area contributed by atoms with Crippen LogP contribution in [0.2, 0.25) is 0 Å². The first-order valence-corrected chi connectivity index (χ1v) is 9.42. The van der Waals surface area contributed by atoms with Crippen LogP contribution < -0.4 is 5.32 Å². The van der Waals surface area contributed by atoms with Gasteiger partial charge in [-0.3, -0.25) is 4.79 Å². The van der Waals surface area contributed by atoms with Crippen LogP contribution in [0.1, 0.15) is 24.2 Å². The standard InChI is InChI=1S/C14H19BrN2O3S/c1-9-7-17(8-10(2)16-9)14(18)12-6-11(21(3,19)20)4-5-13(12)15/h4-6,9-10,16H,7-8H2,1-3H3. The second kappa shape index (κ2) is 6.06. The molecule has 21 heavy (non-hydrogen) atoms. The minimum Gasteiger partial charge on any atom is -0.336 e. The molecule has 1 aromatic rings. The number of benzene rings is 1. The number of piperazine rings is 1. The average molecular weight is 375 g/mol. The quantitative estimate of drug-likeness (QED) is 0.854. The van der Waals surface area contributed by atoms with Gasteiger partial charge in [-0.15, -0.1) is 0 Å². The monoisotopic (exact) mass is 374 g/mol. The van der Waals surface area contributed by atoms with E-state index in [2.05, 4.69) is 21.2 Å². The Bertz CT molecular complexity index is 650. The number of amides is 1. The lowest BCUT2D eigenvalue weighted by atomic mass is 10.1. The summed E-state index contributed by atoms with van der Waals surface area (Å²) in [4.78, 5) is 14.6. The van der Waals surface area contributed by atoms with Crippen LogP contribution in [0.15, 0.2) is 27.6 Å². The van der Waals surface area contributed by atoms with Crippen molar-refractivity contribution in [2.45, 2.75) is 30.8 Å². The predicted octanol–water partition coefficient (Wildman–Crippen LogP) is 1.68. The molecule has 0 bridgehead atoms. The fraction of sp³-hybridized carbons (Fsp3) is 0.500. The van der Waals surface area contributed by atoms with Crippen LogP contribution in [0.3, 0.4) is 0 Å². The Morgan fingerprint density at radius 1 is 1.29 bits per heavy atom. The van der Waals surface area contributed by atoms with Gasteiger partial charge in [-0.25, -0.2) is 8.42 Å². The summed E-state index contributed by atoms with van der Waals surface area (Å²) in [6, 6.07) is 4.99. The predicted molar refractivity (Wildman–Crippen MR) is 85.2 cm³/mol. The molecule has 0 radical (unpaired) electrons. The van der Waals surface area contributed by atoms with Crippen molar-refractivity contribution in [3.05, 3.63) is 28.2 Å². The van der Waals surface area contributed by atoms with Gasteiger partial charge in [0.25, 0.3) is 5.91 Å². The minimum absolute atomic E-state index is 0.146. The maximum absolute atomic E-state index is 12.7. The molecule has 5 nitrogen and oxygen atoms in total. The summed E-state index contributed by atoms with van der Waals surface area (Å²) in [5.74, 6) is -0.146. The van der Waals surface area contributed by atoms with E-state index in [4.69, 9.17) is 0 Å². The molecule has 0 spiro atoms. The molecule has 2 rings (SSSR count). The highest BCUT2D eigenvalue weighted by molar-refractivity contribution is 9.10. The molecule has 1 aliphatic heterocycles. The molecule has 1 aromatic carbocycles. The zero-order valence-corrected chi connectivity index (χ0v) is 14.7. The summed E-state index contributed by atoms with van der Waals surface area (Å²) in [5, 5.41) is 3.36. The number of hydrogen-bond donors (Lipinski definition) is 1. The third kappa shape index (κ3) is 3.84. The van der Waals surface area contributed by atoms with Crippen LogP contribution in [0.4, 0.5) is 0 Å². The molecule has 1 saturated heterocycles. The number of halogens is 1. The highest BCUT2D eigenvalue weighted by atomic mass is 79.9. The highest BCUT2D eigenvalue weighted by Gasteiger charge is 2.27. The summed E-state index contributed by atoms with van der Waals surface area (Å²) in [5.41, 5.74) is 0.388. The molecule has 1 aliphatic rings. The molecular weight excluding hydrogens is 356 g/mol. The first-order valence-electron chi connectivity index (χ1n) is 6.73. The van der Waals surface area contributed by atoms with E-state index >= 15 is 0 Å². The zero-order valence-electron chi connectivity index (χ0n) is 12.3. The van der Waals surface area contributed by atoms with Gasteiger partial charge in [0.15, 0.2) is 9.84 Å². The van der Waals surface area contributed by atoms with Gasteiger partial charge in [0.05, 0.1) is 10.5 Å². The smallest absolute Gasteiger partial charge is 0.255 e. The number of sulfone groups is 1. The molecular formula is C14H19BrN2O3S. The lowest BCUT2D eigenvalue weighted by molar-refractivity contribution is 0.0672. The second-order valence-corrected chi connectivity index (χ2v) is 8.46. The van der Waals surface area contributed by atoms with Gasteiger partial charge in [0.1, 0.15) is 0 Å². The van der Waals surface area contributed by atoms with Crippen molar-refractivity contribution < 1.29 is 13.2 Å². The van der Waals surface area contributed by atoms with E-state index in [0.29, 0.717) is 23.1 Å². The summed E-state index contributed by atoms with van der Waals surface area (Å²) in [6.45, 7) is 5.27. The van der Waals surface area contributed by atoms with Crippen LogP contribution in [-0.2, 0) is 9.84 Å². The van der Waals surface area contributed by atoms with Crippen LogP contribution in [0.5, 0.6) is 0 Å². The fourth-order valence-electron chi connectivity index (χ4n) is 2.56. The maximum atomic E-state index is 12.7. The Hall–Kier alpha value is -0.920. The molecule has 0 aliphatic carbocycles. The van der Waals surface area contributed by atoms with E-state index < -0.39 is 9.84 Å². The van der Waals surface area contributed by atoms with Crippen molar-refractivity contribution in [3.8, 4) is 0 Å². The lowest BCUT2D eigenvalue weighted by Crippen LogP contribution is -2.55. The largest absolute Gasteiger partial charge is 0.336 e. The fourth-order valence-corrected chi connectivity index (χ4v) is 3.63. The zero-order chi connectivity index (χ0) is 15.8. The number of carbonyl (C=O) groups excluding carboxylic acids is 1. The van der Waals surface area contributed by atoms with E-state index in [9.17, 15) is 13.2 Å². The van der Waals surface area contributed by atoms with Gasteiger partial charge in [-0.05, 0) is 48.0 Å². The molecule has 1 N–H and O–H groups in total. The Labute approximate surface area is 133 Å². The first kappa shape index (κ1) is 16.5. The summed E-state index contributed by atoms with van der Waals surface area (Å²) >= 11 is 3.34. The van der Waals surface area contributed by atoms with Crippen molar-refractivity contribution in [2.24, 2.45) is 0 Å². The second-order valence-electron chi connectivity index (χ2n) is 5.59. The molecule has 116 valence electrons. The molecule has 2 unspecified atom stereocenters. The molecule has 1 heterocycles. The van der Waals surface area contributed by atoms with Gasteiger partial charge >= 0.3 is 0 Å². The van der Waals surface area contributed by atoms with E-state index in [1.807, 2.05) is 13.8 Å². The summed E-state index contributed by atoms with van der Waals surface area (Å²) in [7, 11) is -3.33. The molecule has 1 amide bonds. The highest BCUT2D eigenvalue weighted by Crippen LogP contribution is 2.23. The van der Waals surface area contributed by atoms with Gasteiger partial charge in [0, 0.05) is 35.9 Å². The van der Waals surface area contributed by atoms with Gasteiger partial charge in [0.2, 0.25) is 0 Å². The average Bonchev–Trinajstić information content (AvgIpc) is 2.36. The van der Waals surface area contributed by atoms with Crippen molar-refractivity contribution in [1.29, 1.82) is 0 Å².